The molecule has 48 valence electrons. The van der Waals surface area contributed by atoms with Gasteiger partial charge in [-0.2, -0.15) is 0 Å². The van der Waals surface area contributed by atoms with Gasteiger partial charge in [0.1, 0.15) is 6.61 Å². The van der Waals surface area contributed by atoms with Crippen LogP contribution in [0.15, 0.2) is 23.8 Å². The maximum atomic E-state index is 10.7. The van der Waals surface area contributed by atoms with Crippen molar-refractivity contribution < 1.29 is 9.53 Å². The van der Waals surface area contributed by atoms with Gasteiger partial charge in [0.2, 0.25) is 0 Å². The fourth-order valence-corrected chi connectivity index (χ4v) is 0.664. The first-order valence-corrected chi connectivity index (χ1v) is 2.84. The molecule has 0 unspecified atom stereocenters. The lowest BCUT2D eigenvalue weighted by Crippen LogP contribution is -2.10. The standard InChI is InChI=1S/C7H8O2/c1-2-6-4-3-5-9-7(6)8/h2-4H,5H2,1H3/b6-2-. The average Bonchev–Trinajstić information content (AvgIpc) is 1.89. The maximum Gasteiger partial charge on any atom is 0.338 e. The van der Waals surface area contributed by atoms with E-state index < -0.39 is 0 Å². The van der Waals surface area contributed by atoms with E-state index >= 15 is 0 Å². The van der Waals surface area contributed by atoms with Crippen LogP contribution in [0.1, 0.15) is 6.92 Å². The van der Waals surface area contributed by atoms with Gasteiger partial charge in [0, 0.05) is 0 Å². The van der Waals surface area contributed by atoms with Crippen molar-refractivity contribution in [3.63, 3.8) is 0 Å². The zero-order valence-electron chi connectivity index (χ0n) is 5.26. The summed E-state index contributed by atoms with van der Waals surface area (Å²) in [6.45, 7) is 2.22. The van der Waals surface area contributed by atoms with Crippen LogP contribution in [-0.2, 0) is 9.53 Å². The molecule has 9 heavy (non-hydrogen) atoms. The molecule has 2 heteroatoms. The summed E-state index contributed by atoms with van der Waals surface area (Å²) in [6.07, 6.45) is 5.32. The second-order valence-electron chi connectivity index (χ2n) is 1.74. The number of esters is 1. The Morgan fingerprint density at radius 3 is 3.00 bits per heavy atom. The van der Waals surface area contributed by atoms with E-state index in [2.05, 4.69) is 4.74 Å². The van der Waals surface area contributed by atoms with E-state index in [9.17, 15) is 4.79 Å². The fraction of sp³-hybridized carbons (Fsp3) is 0.286. The van der Waals surface area contributed by atoms with Gasteiger partial charge in [-0.25, -0.2) is 4.79 Å². The van der Waals surface area contributed by atoms with Crippen LogP contribution in [0.3, 0.4) is 0 Å². The van der Waals surface area contributed by atoms with Gasteiger partial charge >= 0.3 is 5.97 Å². The van der Waals surface area contributed by atoms with Crippen LogP contribution >= 0.6 is 0 Å². The molecule has 0 aromatic rings. The van der Waals surface area contributed by atoms with Crippen molar-refractivity contribution in [3.8, 4) is 0 Å². The lowest BCUT2D eigenvalue weighted by atomic mass is 10.2. The SMILES string of the molecule is C/C=C1/C=CCOC1=O. The van der Waals surface area contributed by atoms with E-state index in [0.717, 1.165) is 0 Å². The molecule has 1 heterocycles. The molecule has 0 bridgehead atoms. The van der Waals surface area contributed by atoms with Gasteiger partial charge in [-0.3, -0.25) is 0 Å². The summed E-state index contributed by atoms with van der Waals surface area (Å²) in [4.78, 5) is 10.7. The van der Waals surface area contributed by atoms with E-state index in [1.807, 2.05) is 13.0 Å². The normalized spacial score (nSPS) is 22.3. The second kappa shape index (κ2) is 2.49. The van der Waals surface area contributed by atoms with E-state index in [-0.39, 0.29) is 5.97 Å². The first-order chi connectivity index (χ1) is 4.34. The summed E-state index contributed by atoms with van der Waals surface area (Å²) >= 11 is 0. The van der Waals surface area contributed by atoms with Gasteiger partial charge in [-0.05, 0) is 19.1 Å². The molecule has 0 aromatic heterocycles. The molecule has 0 radical (unpaired) electrons. The first kappa shape index (κ1) is 6.08. The van der Waals surface area contributed by atoms with E-state index in [1.54, 1.807) is 12.2 Å². The summed E-state index contributed by atoms with van der Waals surface area (Å²) < 4.78 is 4.69. The second-order valence-corrected chi connectivity index (χ2v) is 1.74. The van der Waals surface area contributed by atoms with E-state index in [0.29, 0.717) is 12.2 Å². The average molecular weight is 124 g/mol. The molecule has 0 saturated heterocycles. The molecule has 0 fully saturated rings. The summed E-state index contributed by atoms with van der Waals surface area (Å²) in [5.41, 5.74) is 0.640. The first-order valence-electron chi connectivity index (χ1n) is 2.84. The third kappa shape index (κ3) is 1.19. The van der Waals surface area contributed by atoms with Crippen molar-refractivity contribution in [3.05, 3.63) is 23.8 Å². The molecule has 0 saturated carbocycles. The highest BCUT2D eigenvalue weighted by molar-refractivity contribution is 5.92. The highest BCUT2D eigenvalue weighted by atomic mass is 16.5. The smallest absolute Gasteiger partial charge is 0.338 e. The third-order valence-corrected chi connectivity index (χ3v) is 1.15. The Labute approximate surface area is 53.8 Å². The number of hydrogen-bond acceptors (Lipinski definition) is 2. The summed E-state index contributed by atoms with van der Waals surface area (Å²) in [7, 11) is 0. The maximum absolute atomic E-state index is 10.7. The molecular weight excluding hydrogens is 116 g/mol. The lowest BCUT2D eigenvalue weighted by molar-refractivity contribution is -0.137. The summed E-state index contributed by atoms with van der Waals surface area (Å²) in [5, 5.41) is 0. The molecule has 0 atom stereocenters. The van der Waals surface area contributed by atoms with Crippen LogP contribution in [0.25, 0.3) is 0 Å². The van der Waals surface area contributed by atoms with Crippen LogP contribution in [-0.4, -0.2) is 12.6 Å². The Hall–Kier alpha value is -1.05. The molecule has 0 N–H and O–H groups in total. The molecule has 1 rings (SSSR count). The lowest BCUT2D eigenvalue weighted by Gasteiger charge is -2.06. The van der Waals surface area contributed by atoms with Crippen molar-refractivity contribution in [2.75, 3.05) is 6.61 Å². The van der Waals surface area contributed by atoms with Crippen molar-refractivity contribution in [1.82, 2.24) is 0 Å². The highest BCUT2D eigenvalue weighted by Crippen LogP contribution is 2.04. The Bertz CT molecular complexity index is 177. The van der Waals surface area contributed by atoms with Gasteiger partial charge in [0.25, 0.3) is 0 Å². The molecule has 2 nitrogen and oxygen atoms in total. The molecular formula is C7H8O2. The van der Waals surface area contributed by atoms with Gasteiger partial charge < -0.3 is 4.74 Å². The van der Waals surface area contributed by atoms with Gasteiger partial charge in [0.05, 0.1) is 5.57 Å². The minimum atomic E-state index is -0.222. The zero-order valence-corrected chi connectivity index (χ0v) is 5.26. The fourth-order valence-electron chi connectivity index (χ4n) is 0.664. The molecule has 1 aliphatic heterocycles. The van der Waals surface area contributed by atoms with Crippen molar-refractivity contribution >= 4 is 5.97 Å². The van der Waals surface area contributed by atoms with Gasteiger partial charge in [-0.15, -0.1) is 0 Å². The predicted octanol–water partition coefficient (Wildman–Crippen LogP) is 1.05. The number of cyclic esters (lactones) is 1. The Morgan fingerprint density at radius 2 is 2.56 bits per heavy atom. The number of carbonyl (C=O) groups excluding carboxylic acids is 1. The molecule has 1 aliphatic rings. The predicted molar refractivity (Wildman–Crippen MR) is 33.9 cm³/mol. The minimum absolute atomic E-state index is 0.222. The zero-order chi connectivity index (χ0) is 6.69. The van der Waals surface area contributed by atoms with Gasteiger partial charge in [-0.1, -0.05) is 6.08 Å². The quantitative estimate of drug-likeness (QED) is 0.356. The topological polar surface area (TPSA) is 26.3 Å². The molecule has 0 amide bonds. The number of hydrogen-bond donors (Lipinski definition) is 0. The largest absolute Gasteiger partial charge is 0.458 e. The number of rotatable bonds is 0. The van der Waals surface area contributed by atoms with E-state index in [1.165, 1.54) is 0 Å². The Kier molecular flexibility index (Phi) is 1.68. The number of carbonyl (C=O) groups is 1. The highest BCUT2D eigenvalue weighted by Gasteiger charge is 2.08. The van der Waals surface area contributed by atoms with Crippen LogP contribution in [0.4, 0.5) is 0 Å². The van der Waals surface area contributed by atoms with E-state index in [4.69, 9.17) is 0 Å². The molecule has 0 aromatic carbocycles. The van der Waals surface area contributed by atoms with Crippen molar-refractivity contribution in [1.29, 1.82) is 0 Å². The number of allylic oxidation sites excluding steroid dienone is 1. The Balaban J connectivity index is 2.81. The van der Waals surface area contributed by atoms with Crippen LogP contribution in [0, 0.1) is 0 Å². The molecule has 0 aliphatic carbocycles. The van der Waals surface area contributed by atoms with Crippen LogP contribution in [0.5, 0.6) is 0 Å². The van der Waals surface area contributed by atoms with Crippen molar-refractivity contribution in [2.45, 2.75) is 6.92 Å². The summed E-state index contributed by atoms with van der Waals surface area (Å²) in [5.74, 6) is -0.222. The minimum Gasteiger partial charge on any atom is -0.458 e. The van der Waals surface area contributed by atoms with Crippen LogP contribution in [0.2, 0.25) is 0 Å². The van der Waals surface area contributed by atoms with Crippen molar-refractivity contribution in [2.24, 2.45) is 0 Å². The monoisotopic (exact) mass is 124 g/mol. The van der Waals surface area contributed by atoms with Crippen LogP contribution < -0.4 is 0 Å². The number of ether oxygens (including phenoxy) is 1. The molecule has 0 spiro atoms. The Morgan fingerprint density at radius 1 is 1.78 bits per heavy atom. The summed E-state index contributed by atoms with van der Waals surface area (Å²) in [6, 6.07) is 0. The van der Waals surface area contributed by atoms with Gasteiger partial charge in [0.15, 0.2) is 0 Å². The third-order valence-electron chi connectivity index (χ3n) is 1.15.